The van der Waals surface area contributed by atoms with Crippen molar-refractivity contribution in [1.82, 2.24) is 15.5 Å². The van der Waals surface area contributed by atoms with Crippen molar-refractivity contribution >= 4 is 0 Å². The van der Waals surface area contributed by atoms with Crippen LogP contribution in [-0.4, -0.2) is 29.8 Å². The zero-order chi connectivity index (χ0) is 16.8. The summed E-state index contributed by atoms with van der Waals surface area (Å²) in [6, 6.07) is 8.26. The first kappa shape index (κ1) is 17.0. The summed E-state index contributed by atoms with van der Waals surface area (Å²) in [5.74, 6) is 2.91. The van der Waals surface area contributed by atoms with Crippen molar-refractivity contribution in [3.05, 3.63) is 30.1 Å². The fourth-order valence-corrected chi connectivity index (χ4v) is 3.09. The lowest BCUT2D eigenvalue weighted by Gasteiger charge is -2.21. The molecule has 0 bridgehead atoms. The van der Waals surface area contributed by atoms with Gasteiger partial charge in [0.2, 0.25) is 0 Å². The Bertz CT molecular complexity index is 618. The lowest BCUT2D eigenvalue weighted by molar-refractivity contribution is 0.209. The maximum Gasteiger partial charge on any atom is 0.257 e. The molecule has 0 radical (unpaired) electrons. The second kappa shape index (κ2) is 8.29. The molecule has 5 heteroatoms. The predicted molar refractivity (Wildman–Crippen MR) is 94.0 cm³/mol. The molecule has 1 aromatic carbocycles. The molecule has 130 valence electrons. The topological polar surface area (TPSA) is 60.2 Å². The largest absolute Gasteiger partial charge is 0.493 e. The Balaban J connectivity index is 1.55. The summed E-state index contributed by atoms with van der Waals surface area (Å²) in [5, 5.41) is 7.22. The van der Waals surface area contributed by atoms with Crippen LogP contribution >= 0.6 is 0 Å². The van der Waals surface area contributed by atoms with E-state index in [-0.39, 0.29) is 0 Å². The van der Waals surface area contributed by atoms with Crippen molar-refractivity contribution in [1.29, 1.82) is 0 Å². The highest BCUT2D eigenvalue weighted by atomic mass is 16.5. The molecule has 3 rings (SSSR count). The van der Waals surface area contributed by atoms with E-state index in [0.29, 0.717) is 17.9 Å². The molecule has 0 saturated heterocycles. The number of hydrogen-bond donors (Lipinski definition) is 1. The van der Waals surface area contributed by atoms with Gasteiger partial charge in [0.25, 0.3) is 5.89 Å². The molecule has 1 atom stereocenters. The van der Waals surface area contributed by atoms with E-state index in [4.69, 9.17) is 9.26 Å². The highest BCUT2D eigenvalue weighted by Gasteiger charge is 2.14. The predicted octanol–water partition coefficient (Wildman–Crippen LogP) is 3.85. The smallest absolute Gasteiger partial charge is 0.257 e. The number of ether oxygens (including phenoxy) is 1. The van der Waals surface area contributed by atoms with E-state index in [0.717, 1.165) is 30.2 Å². The molecule has 1 aliphatic rings. The second-order valence-electron chi connectivity index (χ2n) is 6.75. The zero-order valence-electron chi connectivity index (χ0n) is 14.6. The normalized spacial score (nSPS) is 16.9. The Labute approximate surface area is 143 Å². The molecule has 1 N–H and O–H groups in total. The standard InChI is InChI=1S/C19H27N3O2/c1-14(20-2)12-18-21-19(24-22-18)16-8-10-17(11-9-16)23-13-15-6-4-3-5-7-15/h8-11,14-15,20H,3-7,12-13H2,1-2H3. The van der Waals surface area contributed by atoms with Crippen molar-refractivity contribution in [3.63, 3.8) is 0 Å². The fraction of sp³-hybridized carbons (Fsp3) is 0.579. The van der Waals surface area contributed by atoms with E-state index >= 15 is 0 Å². The van der Waals surface area contributed by atoms with Gasteiger partial charge >= 0.3 is 0 Å². The lowest BCUT2D eigenvalue weighted by Crippen LogP contribution is -2.24. The van der Waals surface area contributed by atoms with E-state index in [1.165, 1.54) is 32.1 Å². The van der Waals surface area contributed by atoms with Crippen LogP contribution in [-0.2, 0) is 6.42 Å². The first-order valence-corrected chi connectivity index (χ1v) is 8.97. The van der Waals surface area contributed by atoms with Crippen LogP contribution in [0.3, 0.4) is 0 Å². The summed E-state index contributed by atoms with van der Waals surface area (Å²) in [5.41, 5.74) is 0.927. The van der Waals surface area contributed by atoms with Gasteiger partial charge in [-0.1, -0.05) is 24.4 Å². The monoisotopic (exact) mass is 329 g/mol. The summed E-state index contributed by atoms with van der Waals surface area (Å²) in [6.07, 6.45) is 7.42. The van der Waals surface area contributed by atoms with Gasteiger partial charge in [-0.2, -0.15) is 4.98 Å². The number of aromatic nitrogens is 2. The second-order valence-corrected chi connectivity index (χ2v) is 6.75. The molecular formula is C19H27N3O2. The van der Waals surface area contributed by atoms with Gasteiger partial charge in [0.1, 0.15) is 5.75 Å². The minimum atomic E-state index is 0.325. The molecule has 0 amide bonds. The van der Waals surface area contributed by atoms with Gasteiger partial charge in [-0.3, -0.25) is 0 Å². The number of hydrogen-bond acceptors (Lipinski definition) is 5. The minimum absolute atomic E-state index is 0.325. The highest BCUT2D eigenvalue weighted by Crippen LogP contribution is 2.26. The fourth-order valence-electron chi connectivity index (χ4n) is 3.09. The van der Waals surface area contributed by atoms with E-state index in [1.807, 2.05) is 31.3 Å². The van der Waals surface area contributed by atoms with Crippen LogP contribution < -0.4 is 10.1 Å². The molecule has 2 aromatic rings. The Morgan fingerprint density at radius 1 is 1.21 bits per heavy atom. The molecule has 1 aliphatic carbocycles. The summed E-state index contributed by atoms with van der Waals surface area (Å²) in [7, 11) is 1.93. The van der Waals surface area contributed by atoms with Crippen LogP contribution in [0.1, 0.15) is 44.9 Å². The number of nitrogens with zero attached hydrogens (tertiary/aromatic N) is 2. The van der Waals surface area contributed by atoms with Gasteiger partial charge < -0.3 is 14.6 Å². The van der Waals surface area contributed by atoms with Gasteiger partial charge in [0.15, 0.2) is 5.82 Å². The van der Waals surface area contributed by atoms with Crippen molar-refractivity contribution in [2.24, 2.45) is 5.92 Å². The van der Waals surface area contributed by atoms with E-state index in [9.17, 15) is 0 Å². The molecule has 1 heterocycles. The number of rotatable bonds is 7. The SMILES string of the molecule is CNC(C)Cc1noc(-c2ccc(OCC3CCCCC3)cc2)n1. The summed E-state index contributed by atoms with van der Waals surface area (Å²) in [6.45, 7) is 2.92. The molecule has 0 aliphatic heterocycles. The molecule has 1 saturated carbocycles. The van der Waals surface area contributed by atoms with Crippen LogP contribution in [0.15, 0.2) is 28.8 Å². The van der Waals surface area contributed by atoms with Crippen molar-refractivity contribution in [2.45, 2.75) is 51.5 Å². The van der Waals surface area contributed by atoms with Gasteiger partial charge in [-0.25, -0.2) is 0 Å². The van der Waals surface area contributed by atoms with Crippen LogP contribution in [0.4, 0.5) is 0 Å². The Hall–Kier alpha value is -1.88. The maximum absolute atomic E-state index is 5.93. The third-order valence-electron chi connectivity index (χ3n) is 4.76. The average Bonchev–Trinajstić information content (AvgIpc) is 3.09. The Morgan fingerprint density at radius 3 is 2.67 bits per heavy atom. The maximum atomic E-state index is 5.93. The van der Waals surface area contributed by atoms with Gasteiger partial charge in [0.05, 0.1) is 6.61 Å². The molecule has 1 fully saturated rings. The van der Waals surface area contributed by atoms with Gasteiger partial charge in [-0.05, 0) is 57.0 Å². The van der Waals surface area contributed by atoms with Crippen molar-refractivity contribution < 1.29 is 9.26 Å². The summed E-state index contributed by atoms with van der Waals surface area (Å²) >= 11 is 0. The first-order valence-electron chi connectivity index (χ1n) is 8.97. The zero-order valence-corrected chi connectivity index (χ0v) is 14.6. The van der Waals surface area contributed by atoms with Crippen molar-refractivity contribution in [3.8, 4) is 17.2 Å². The van der Waals surface area contributed by atoms with E-state index in [2.05, 4.69) is 22.4 Å². The van der Waals surface area contributed by atoms with Crippen LogP contribution in [0.25, 0.3) is 11.5 Å². The quantitative estimate of drug-likeness (QED) is 0.836. The van der Waals surface area contributed by atoms with Crippen molar-refractivity contribution in [2.75, 3.05) is 13.7 Å². The number of benzene rings is 1. The lowest BCUT2D eigenvalue weighted by atomic mass is 9.90. The highest BCUT2D eigenvalue weighted by molar-refractivity contribution is 5.54. The third kappa shape index (κ3) is 4.57. The Kier molecular flexibility index (Phi) is 5.86. The van der Waals surface area contributed by atoms with Gasteiger partial charge in [-0.15, -0.1) is 0 Å². The van der Waals surface area contributed by atoms with Crippen LogP contribution in [0.2, 0.25) is 0 Å². The van der Waals surface area contributed by atoms with Crippen LogP contribution in [0.5, 0.6) is 5.75 Å². The first-order chi connectivity index (χ1) is 11.7. The molecule has 1 aromatic heterocycles. The average molecular weight is 329 g/mol. The Morgan fingerprint density at radius 2 is 1.96 bits per heavy atom. The molecule has 24 heavy (non-hydrogen) atoms. The van der Waals surface area contributed by atoms with Gasteiger partial charge in [0, 0.05) is 18.0 Å². The minimum Gasteiger partial charge on any atom is -0.493 e. The van der Waals surface area contributed by atoms with Crippen LogP contribution in [0, 0.1) is 5.92 Å². The van der Waals surface area contributed by atoms with E-state index in [1.54, 1.807) is 0 Å². The van der Waals surface area contributed by atoms with E-state index < -0.39 is 0 Å². The molecule has 5 nitrogen and oxygen atoms in total. The third-order valence-corrected chi connectivity index (χ3v) is 4.76. The molecular weight excluding hydrogens is 302 g/mol. The molecule has 0 spiro atoms. The number of likely N-dealkylation sites (N-methyl/N-ethyl adjacent to an activating group) is 1. The molecule has 1 unspecified atom stereocenters. The number of nitrogens with one attached hydrogen (secondary N) is 1. The summed E-state index contributed by atoms with van der Waals surface area (Å²) < 4.78 is 11.3. The summed E-state index contributed by atoms with van der Waals surface area (Å²) in [4.78, 5) is 4.46.